The highest BCUT2D eigenvalue weighted by atomic mass is 16.7. The predicted octanol–water partition coefficient (Wildman–Crippen LogP) is 6.20. The molecule has 2 aliphatic rings. The summed E-state index contributed by atoms with van der Waals surface area (Å²) in [6.07, 6.45) is 0.968. The second-order valence-corrected chi connectivity index (χ2v) is 11.6. The van der Waals surface area contributed by atoms with Crippen molar-refractivity contribution in [3.8, 4) is 0 Å². The highest BCUT2D eigenvalue weighted by Crippen LogP contribution is 2.41. The van der Waals surface area contributed by atoms with E-state index < -0.39 is 54.2 Å². The molecule has 2 aliphatic heterocycles. The van der Waals surface area contributed by atoms with Crippen molar-refractivity contribution in [1.29, 1.82) is 0 Å². The van der Waals surface area contributed by atoms with Crippen molar-refractivity contribution in [3.63, 3.8) is 0 Å². The van der Waals surface area contributed by atoms with Crippen molar-refractivity contribution in [2.24, 2.45) is 0 Å². The Kier molecular flexibility index (Phi) is 12.3. The lowest BCUT2D eigenvalue weighted by molar-refractivity contribution is -0.306. The van der Waals surface area contributed by atoms with E-state index in [2.05, 4.69) is 6.58 Å². The summed E-state index contributed by atoms with van der Waals surface area (Å²) in [5, 5.41) is 0. The summed E-state index contributed by atoms with van der Waals surface area (Å²) in [5.41, 5.74) is 1.47. The summed E-state index contributed by atoms with van der Waals surface area (Å²) < 4.78 is 37.0. The van der Waals surface area contributed by atoms with E-state index >= 15 is 0 Å². The second kappa shape index (κ2) is 17.0. The summed E-state index contributed by atoms with van der Waals surface area (Å²) in [6.45, 7) is 3.54. The topological polar surface area (TPSA) is 107 Å². The van der Waals surface area contributed by atoms with Crippen LogP contribution in [0.5, 0.6) is 0 Å². The minimum atomic E-state index is -1.23. The summed E-state index contributed by atoms with van der Waals surface area (Å²) in [7, 11) is 1.41. The number of rotatable bonds is 11. The van der Waals surface area contributed by atoms with Gasteiger partial charge in [0.05, 0.1) is 6.61 Å². The van der Waals surface area contributed by atoms with Crippen LogP contribution < -0.4 is 0 Å². The van der Waals surface area contributed by atoms with Crippen molar-refractivity contribution in [2.75, 3.05) is 13.7 Å². The monoisotopic (exact) mass is 654 g/mol. The number of fused-ring (bicyclic) bond motifs is 1. The number of carbonyl (C=O) groups is 3. The minimum Gasteiger partial charge on any atom is -0.455 e. The number of hydrogen-bond donors (Lipinski definition) is 0. The molecule has 2 heterocycles. The van der Waals surface area contributed by atoms with E-state index in [-0.39, 0.29) is 25.9 Å². The van der Waals surface area contributed by atoms with Gasteiger partial charge < -0.3 is 28.4 Å². The highest BCUT2D eigenvalue weighted by Gasteiger charge is 2.53. The molecule has 252 valence electrons. The Bertz CT molecular complexity index is 1430. The van der Waals surface area contributed by atoms with E-state index in [1.165, 1.54) is 7.11 Å². The Morgan fingerprint density at radius 3 is 1.79 bits per heavy atom. The first kappa shape index (κ1) is 34.8. The second-order valence-electron chi connectivity index (χ2n) is 11.6. The molecule has 3 aromatic rings. The van der Waals surface area contributed by atoms with Gasteiger partial charge in [-0.25, -0.2) is 0 Å². The Labute approximate surface area is 281 Å². The standard InChI is InChI=1S/C39H42O9/c1-3-4-24-32(40)48-37-36-35(46-33(41)25-16-5-6-17-26-34(42)47-36)31(45-38(37)43-2)27-44-39(28-18-10-7-11-19-28,29-20-12-8-13-21-29)30-22-14-9-15-23-30/h3,5-15,18-23,31,35-38H,1,4,16-17,24-27H2,2H3/t31-,35-,36+,37-,38+/m1/s1. The zero-order chi connectivity index (χ0) is 33.8. The Morgan fingerprint density at radius 1 is 0.812 bits per heavy atom. The molecule has 1 saturated heterocycles. The SMILES string of the molecule is C=CCCC(=O)O[C@H]1[C@@H](OC)O[C@H](COC(c2ccccc2)(c2ccccc2)c2ccccc2)[C@H]2OC(=O)CCC=CCCC(=O)O[C@H]12. The van der Waals surface area contributed by atoms with Crippen LogP contribution in [0.4, 0.5) is 0 Å². The quantitative estimate of drug-likeness (QED) is 0.103. The van der Waals surface area contributed by atoms with Gasteiger partial charge in [0, 0.05) is 26.4 Å². The van der Waals surface area contributed by atoms with Gasteiger partial charge in [0.15, 0.2) is 24.6 Å². The maximum Gasteiger partial charge on any atom is 0.306 e. The summed E-state index contributed by atoms with van der Waals surface area (Å²) >= 11 is 0. The molecule has 0 N–H and O–H groups in total. The van der Waals surface area contributed by atoms with E-state index in [1.54, 1.807) is 6.08 Å². The molecule has 0 saturated carbocycles. The number of carbonyl (C=O) groups excluding carboxylic acids is 3. The van der Waals surface area contributed by atoms with E-state index in [9.17, 15) is 14.4 Å². The van der Waals surface area contributed by atoms with Crippen LogP contribution in [-0.4, -0.2) is 62.3 Å². The fourth-order valence-corrected chi connectivity index (χ4v) is 6.07. The van der Waals surface area contributed by atoms with Gasteiger partial charge in [0.25, 0.3) is 0 Å². The van der Waals surface area contributed by atoms with Crippen LogP contribution in [0.1, 0.15) is 55.2 Å². The van der Waals surface area contributed by atoms with Crippen LogP contribution in [0.25, 0.3) is 0 Å². The molecule has 48 heavy (non-hydrogen) atoms. The molecule has 0 aromatic heterocycles. The smallest absolute Gasteiger partial charge is 0.306 e. The largest absolute Gasteiger partial charge is 0.455 e. The van der Waals surface area contributed by atoms with Gasteiger partial charge in [-0.2, -0.15) is 0 Å². The number of methoxy groups -OCH3 is 1. The van der Waals surface area contributed by atoms with Gasteiger partial charge in [0.1, 0.15) is 11.7 Å². The molecule has 5 atom stereocenters. The third-order valence-corrected chi connectivity index (χ3v) is 8.38. The van der Waals surface area contributed by atoms with Crippen molar-refractivity contribution in [1.82, 2.24) is 0 Å². The van der Waals surface area contributed by atoms with E-state index in [0.717, 1.165) is 16.7 Å². The Hall–Kier alpha value is -4.57. The molecule has 5 rings (SSSR count). The average Bonchev–Trinajstić information content (AvgIpc) is 3.12. The van der Waals surface area contributed by atoms with Crippen molar-refractivity contribution in [2.45, 2.75) is 74.8 Å². The summed E-state index contributed by atoms with van der Waals surface area (Å²) in [4.78, 5) is 39.2. The zero-order valence-corrected chi connectivity index (χ0v) is 27.1. The van der Waals surface area contributed by atoms with E-state index in [1.807, 2.05) is 103 Å². The number of esters is 3. The lowest BCUT2D eigenvalue weighted by atomic mass is 9.80. The van der Waals surface area contributed by atoms with E-state index in [4.69, 9.17) is 28.4 Å². The molecule has 0 radical (unpaired) electrons. The molecule has 3 aromatic carbocycles. The molecule has 9 heteroatoms. The molecule has 1 fully saturated rings. The molecule has 0 spiro atoms. The summed E-state index contributed by atoms with van der Waals surface area (Å²) in [5.74, 6) is -1.62. The number of hydrogen-bond acceptors (Lipinski definition) is 9. The molecule has 0 aliphatic carbocycles. The van der Waals surface area contributed by atoms with Gasteiger partial charge in [-0.15, -0.1) is 6.58 Å². The first-order valence-electron chi connectivity index (χ1n) is 16.3. The molecular weight excluding hydrogens is 612 g/mol. The number of benzene rings is 3. The molecule has 9 nitrogen and oxygen atoms in total. The van der Waals surface area contributed by atoms with Crippen LogP contribution in [0.15, 0.2) is 116 Å². The third-order valence-electron chi connectivity index (χ3n) is 8.38. The molecule has 0 amide bonds. The van der Waals surface area contributed by atoms with Gasteiger partial charge in [-0.05, 0) is 36.0 Å². The van der Waals surface area contributed by atoms with Crippen LogP contribution in [0, 0.1) is 0 Å². The highest BCUT2D eigenvalue weighted by molar-refractivity contribution is 5.72. The normalized spacial score (nSPS) is 23.4. The maximum absolute atomic E-state index is 13.2. The maximum atomic E-state index is 13.2. The summed E-state index contributed by atoms with van der Waals surface area (Å²) in [6, 6.07) is 29.4. The van der Waals surface area contributed by atoms with Gasteiger partial charge in [0.2, 0.25) is 0 Å². The van der Waals surface area contributed by atoms with Gasteiger partial charge in [-0.1, -0.05) is 109 Å². The Morgan fingerprint density at radius 2 is 1.31 bits per heavy atom. The van der Waals surface area contributed by atoms with Crippen LogP contribution >= 0.6 is 0 Å². The predicted molar refractivity (Wildman–Crippen MR) is 178 cm³/mol. The third kappa shape index (κ3) is 8.28. The van der Waals surface area contributed by atoms with Crippen molar-refractivity contribution in [3.05, 3.63) is 132 Å². The lowest BCUT2D eigenvalue weighted by Gasteiger charge is -2.45. The molecule has 0 bridgehead atoms. The van der Waals surface area contributed by atoms with Gasteiger partial charge in [-0.3, -0.25) is 14.4 Å². The van der Waals surface area contributed by atoms with Crippen LogP contribution in [-0.2, 0) is 48.4 Å². The minimum absolute atomic E-state index is 0.0483. The van der Waals surface area contributed by atoms with Crippen LogP contribution in [0.2, 0.25) is 0 Å². The van der Waals surface area contributed by atoms with Crippen molar-refractivity contribution < 1.29 is 42.8 Å². The molecular formula is C39H42O9. The first-order valence-corrected chi connectivity index (χ1v) is 16.3. The number of ether oxygens (including phenoxy) is 6. The molecule has 0 unspecified atom stereocenters. The zero-order valence-electron chi connectivity index (χ0n) is 27.1. The van der Waals surface area contributed by atoms with Crippen LogP contribution in [0.3, 0.4) is 0 Å². The number of allylic oxidation sites excluding steroid dienone is 3. The Balaban J connectivity index is 1.57. The first-order chi connectivity index (χ1) is 23.5. The lowest BCUT2D eigenvalue weighted by Crippen LogP contribution is -2.63. The van der Waals surface area contributed by atoms with E-state index in [0.29, 0.717) is 19.3 Å². The fraction of sp³-hybridized carbons (Fsp3) is 0.359. The van der Waals surface area contributed by atoms with Crippen molar-refractivity contribution >= 4 is 17.9 Å². The van der Waals surface area contributed by atoms with Gasteiger partial charge >= 0.3 is 17.9 Å². The average molecular weight is 655 g/mol. The fourth-order valence-electron chi connectivity index (χ4n) is 6.07.